The molecular weight excluding hydrogens is 417 g/mol. The van der Waals surface area contributed by atoms with Crippen molar-refractivity contribution >= 4 is 27.0 Å². The Morgan fingerprint density at radius 1 is 1.33 bits per heavy atom. The standard InChI is InChI=1S/C20H23F3N4O2S/c1-19(2)17(24)25-20(3,11-30(19,4)29)13-9-12(5-6-14(13)21)10-16(28)15-7-8-27(26-15)18(22)23/h5-9,18H,4,10-11H2,1-3H3,(H2,24,25)/t20-,30?/m0/s1. The monoisotopic (exact) mass is 440 g/mol. The minimum absolute atomic E-state index is 0.0131. The van der Waals surface area contributed by atoms with E-state index in [4.69, 9.17) is 5.73 Å². The minimum Gasteiger partial charge on any atom is -0.386 e. The van der Waals surface area contributed by atoms with E-state index in [1.54, 1.807) is 20.8 Å². The van der Waals surface area contributed by atoms with Crippen LogP contribution in [0.5, 0.6) is 0 Å². The highest BCUT2D eigenvalue weighted by Crippen LogP contribution is 2.38. The lowest BCUT2D eigenvalue weighted by Crippen LogP contribution is -2.54. The van der Waals surface area contributed by atoms with Gasteiger partial charge in [0.15, 0.2) is 5.78 Å². The summed E-state index contributed by atoms with van der Waals surface area (Å²) in [6.07, 6.45) is 0.842. The Kier molecular flexibility index (Phi) is 5.34. The summed E-state index contributed by atoms with van der Waals surface area (Å²) in [5.41, 5.74) is 5.30. The molecule has 1 aromatic heterocycles. The van der Waals surface area contributed by atoms with E-state index in [2.05, 4.69) is 16.0 Å². The van der Waals surface area contributed by atoms with E-state index in [0.717, 1.165) is 6.20 Å². The first-order valence-electron chi connectivity index (χ1n) is 9.12. The average molecular weight is 440 g/mol. The number of aliphatic imine (C=N–C) groups is 1. The van der Waals surface area contributed by atoms with Crippen molar-refractivity contribution in [2.75, 3.05) is 5.75 Å². The molecule has 0 saturated heterocycles. The lowest BCUT2D eigenvalue weighted by molar-refractivity contribution is 0.0560. The molecule has 6 nitrogen and oxygen atoms in total. The van der Waals surface area contributed by atoms with Crippen LogP contribution in [0, 0.1) is 5.82 Å². The molecule has 0 amide bonds. The van der Waals surface area contributed by atoms with Gasteiger partial charge in [-0.3, -0.25) is 14.0 Å². The third-order valence-electron chi connectivity index (χ3n) is 5.50. The van der Waals surface area contributed by atoms with Crippen LogP contribution in [0.3, 0.4) is 0 Å². The number of Topliss-reactive ketones (excluding diaryl/α,β-unsaturated/α-hetero) is 1. The van der Waals surface area contributed by atoms with Crippen LogP contribution < -0.4 is 5.73 Å². The van der Waals surface area contributed by atoms with Gasteiger partial charge in [0.1, 0.15) is 17.3 Å². The van der Waals surface area contributed by atoms with Crippen molar-refractivity contribution in [3.63, 3.8) is 0 Å². The van der Waals surface area contributed by atoms with E-state index in [9.17, 15) is 22.2 Å². The molecule has 0 saturated carbocycles. The number of hydrogen-bond acceptors (Lipinski definition) is 5. The third-order valence-corrected chi connectivity index (χ3v) is 8.60. The predicted octanol–water partition coefficient (Wildman–Crippen LogP) is 2.92. The normalized spacial score (nSPS) is 25.9. The maximum absolute atomic E-state index is 14.7. The Morgan fingerprint density at radius 2 is 2.00 bits per heavy atom. The Morgan fingerprint density at radius 3 is 2.57 bits per heavy atom. The summed E-state index contributed by atoms with van der Waals surface area (Å²) in [4.78, 5) is 16.9. The van der Waals surface area contributed by atoms with Gasteiger partial charge in [0, 0.05) is 23.9 Å². The molecule has 2 atom stereocenters. The number of carbonyl (C=O) groups is 1. The van der Waals surface area contributed by atoms with Crippen molar-refractivity contribution in [2.24, 2.45) is 10.7 Å². The van der Waals surface area contributed by atoms with Gasteiger partial charge in [0.05, 0.1) is 10.3 Å². The van der Waals surface area contributed by atoms with Crippen molar-refractivity contribution in [1.29, 1.82) is 0 Å². The zero-order valence-electron chi connectivity index (χ0n) is 16.9. The van der Waals surface area contributed by atoms with Gasteiger partial charge in [-0.25, -0.2) is 9.07 Å². The quantitative estimate of drug-likeness (QED) is 0.572. The molecule has 0 radical (unpaired) electrons. The molecule has 2 heterocycles. The van der Waals surface area contributed by atoms with E-state index in [-0.39, 0.29) is 29.3 Å². The third kappa shape index (κ3) is 3.76. The lowest BCUT2D eigenvalue weighted by atomic mass is 9.90. The lowest BCUT2D eigenvalue weighted by Gasteiger charge is -2.41. The van der Waals surface area contributed by atoms with E-state index < -0.39 is 38.0 Å². The smallest absolute Gasteiger partial charge is 0.333 e. The summed E-state index contributed by atoms with van der Waals surface area (Å²) in [6, 6.07) is 5.27. The van der Waals surface area contributed by atoms with Crippen LogP contribution in [0.15, 0.2) is 35.5 Å². The molecule has 10 heteroatoms. The Bertz CT molecular complexity index is 1140. The van der Waals surface area contributed by atoms with Crippen LogP contribution in [-0.4, -0.2) is 42.0 Å². The topological polar surface area (TPSA) is 90.3 Å². The van der Waals surface area contributed by atoms with Gasteiger partial charge < -0.3 is 5.73 Å². The van der Waals surface area contributed by atoms with Gasteiger partial charge >= 0.3 is 6.55 Å². The van der Waals surface area contributed by atoms with Crippen LogP contribution in [0.25, 0.3) is 0 Å². The van der Waals surface area contributed by atoms with Crippen LogP contribution >= 0.6 is 0 Å². The zero-order valence-corrected chi connectivity index (χ0v) is 17.7. The number of amidine groups is 1. The molecule has 0 spiro atoms. The molecule has 2 aromatic rings. The van der Waals surface area contributed by atoms with Gasteiger partial charge in [0.2, 0.25) is 0 Å². The summed E-state index contributed by atoms with van der Waals surface area (Å²) in [5, 5.41) is 3.55. The summed E-state index contributed by atoms with van der Waals surface area (Å²) < 4.78 is 52.6. The first-order chi connectivity index (χ1) is 13.8. The number of benzene rings is 1. The largest absolute Gasteiger partial charge is 0.386 e. The van der Waals surface area contributed by atoms with E-state index in [0.29, 0.717) is 10.2 Å². The number of alkyl halides is 2. The highest BCUT2D eigenvalue weighted by molar-refractivity contribution is 8.02. The molecule has 0 fully saturated rings. The highest BCUT2D eigenvalue weighted by Gasteiger charge is 2.45. The number of rotatable bonds is 5. The summed E-state index contributed by atoms with van der Waals surface area (Å²) in [5.74, 6) is 2.86. The molecule has 1 aliphatic heterocycles. The number of hydrogen-bond donors (Lipinski definition) is 1. The fourth-order valence-electron chi connectivity index (χ4n) is 3.36. The molecule has 1 aromatic carbocycles. The number of carbonyl (C=O) groups excluding carboxylic acids is 1. The number of nitrogens with two attached hydrogens (primary N) is 1. The molecule has 3 rings (SSSR count). The molecule has 0 bridgehead atoms. The average Bonchev–Trinajstić information content (AvgIpc) is 3.12. The van der Waals surface area contributed by atoms with Crippen molar-refractivity contribution in [1.82, 2.24) is 9.78 Å². The van der Waals surface area contributed by atoms with Crippen molar-refractivity contribution in [3.05, 3.63) is 53.1 Å². The maximum atomic E-state index is 14.7. The van der Waals surface area contributed by atoms with Gasteiger partial charge in [-0.1, -0.05) is 6.07 Å². The van der Waals surface area contributed by atoms with E-state index >= 15 is 0 Å². The number of aromatic nitrogens is 2. The Hall–Kier alpha value is -2.62. The Labute approximate surface area is 173 Å². The molecule has 0 aliphatic carbocycles. The number of ketones is 1. The van der Waals surface area contributed by atoms with Gasteiger partial charge in [-0.15, -0.1) is 0 Å². The van der Waals surface area contributed by atoms with Crippen molar-refractivity contribution in [3.8, 4) is 0 Å². The van der Waals surface area contributed by atoms with Crippen LogP contribution in [0.1, 0.15) is 48.9 Å². The number of nitrogens with zero attached hydrogens (tertiary/aromatic N) is 3. The van der Waals surface area contributed by atoms with Gasteiger partial charge in [0.25, 0.3) is 0 Å². The fourth-order valence-corrected chi connectivity index (χ4v) is 5.28. The Balaban J connectivity index is 1.96. The maximum Gasteiger partial charge on any atom is 0.333 e. The first kappa shape index (κ1) is 22.1. The zero-order chi connectivity index (χ0) is 22.5. The molecule has 30 heavy (non-hydrogen) atoms. The van der Waals surface area contributed by atoms with Gasteiger partial charge in [-0.05, 0) is 59.9 Å². The second-order valence-electron chi connectivity index (χ2n) is 8.11. The first-order valence-corrected chi connectivity index (χ1v) is 11.0. The summed E-state index contributed by atoms with van der Waals surface area (Å²) in [6.45, 7) is 2.14. The van der Waals surface area contributed by atoms with Crippen molar-refractivity contribution < 1.29 is 22.2 Å². The molecular formula is C20H23F3N4O2S. The molecule has 2 N–H and O–H groups in total. The number of halogens is 3. The van der Waals surface area contributed by atoms with E-state index in [1.807, 2.05) is 0 Å². The molecule has 1 aliphatic rings. The summed E-state index contributed by atoms with van der Waals surface area (Å²) in [7, 11) is -2.74. The van der Waals surface area contributed by atoms with Crippen LogP contribution in [0.2, 0.25) is 0 Å². The SMILES string of the molecule is C=S1(=O)C[C@@](C)(c2cc(CC(=O)c3ccn(C(F)F)n3)ccc2F)N=C(N)C1(C)C. The van der Waals surface area contributed by atoms with Crippen LogP contribution in [-0.2, 0) is 21.5 Å². The van der Waals surface area contributed by atoms with E-state index in [1.165, 1.54) is 24.3 Å². The molecule has 162 valence electrons. The van der Waals surface area contributed by atoms with Crippen LogP contribution in [0.4, 0.5) is 13.2 Å². The van der Waals surface area contributed by atoms with Crippen molar-refractivity contribution in [2.45, 2.75) is 44.0 Å². The highest BCUT2D eigenvalue weighted by atomic mass is 32.2. The second-order valence-corrected chi connectivity index (χ2v) is 11.0. The fraction of sp³-hybridized carbons (Fsp3) is 0.400. The minimum atomic E-state index is -2.85. The molecule has 1 unspecified atom stereocenters. The predicted molar refractivity (Wildman–Crippen MR) is 111 cm³/mol. The van der Waals surface area contributed by atoms with Gasteiger partial charge in [-0.2, -0.15) is 13.9 Å². The summed E-state index contributed by atoms with van der Waals surface area (Å²) >= 11 is 0. The second kappa shape index (κ2) is 7.26.